The summed E-state index contributed by atoms with van der Waals surface area (Å²) in [7, 11) is 0. The van der Waals surface area contributed by atoms with Crippen LogP contribution in [0.2, 0.25) is 0 Å². The summed E-state index contributed by atoms with van der Waals surface area (Å²) >= 11 is 0. The van der Waals surface area contributed by atoms with Gasteiger partial charge in [0.25, 0.3) is 0 Å². The molecule has 0 unspecified atom stereocenters. The summed E-state index contributed by atoms with van der Waals surface area (Å²) in [4.78, 5) is 79.6. The first-order valence-corrected chi connectivity index (χ1v) is 13.3. The van der Waals surface area contributed by atoms with Crippen LogP contribution in [0, 0.1) is 0 Å². The highest BCUT2D eigenvalue weighted by atomic mass is 17.2. The highest BCUT2D eigenvalue weighted by Crippen LogP contribution is 1.99. The third kappa shape index (κ3) is 85.8. The van der Waals surface area contributed by atoms with E-state index < -0.39 is 0 Å². The number of nitrogens with zero attached hydrogens (tertiary/aromatic N) is 4. The smallest absolute Gasteiger partial charge is 0.234 e. The molecule has 0 saturated heterocycles. The van der Waals surface area contributed by atoms with Crippen LogP contribution in [0.4, 0.5) is 0 Å². The first-order valence-electron chi connectivity index (χ1n) is 13.3. The average molecular weight is 590 g/mol. The zero-order valence-corrected chi connectivity index (χ0v) is 24.3. The normalized spacial score (nSPS) is 8.29. The van der Waals surface area contributed by atoms with Crippen LogP contribution in [0.3, 0.4) is 0 Å². The molecule has 0 aliphatic carbocycles. The van der Waals surface area contributed by atoms with Gasteiger partial charge in [-0.15, -0.1) is 0 Å². The van der Waals surface area contributed by atoms with Gasteiger partial charge in [0, 0.05) is 13.0 Å². The largest absolute Gasteiger partial charge is 0.397 e. The Bertz CT molecular complexity index is 681. The number of carbonyl (C=O) groups is 2. The second kappa shape index (κ2) is 60.9. The van der Waals surface area contributed by atoms with E-state index in [0.29, 0.717) is 52.0 Å². The van der Waals surface area contributed by atoms with Crippen molar-refractivity contribution in [2.75, 3.05) is 59.3 Å². The molecular formula is C26H47N5O10. The fourth-order valence-electron chi connectivity index (χ4n) is 2.07. The lowest BCUT2D eigenvalue weighted by Gasteiger charge is -2.04. The minimum Gasteiger partial charge on any atom is -0.397 e. The molecular weight excluding hydrogens is 542 g/mol. The molecule has 0 heterocycles. The summed E-state index contributed by atoms with van der Waals surface area (Å²) < 4.78 is 0. The highest BCUT2D eigenvalue weighted by Gasteiger charge is 1.90. The number of nitrogens with one attached hydrogen (secondary N) is 1. The van der Waals surface area contributed by atoms with Crippen molar-refractivity contribution in [3.63, 3.8) is 0 Å². The third-order valence-electron chi connectivity index (χ3n) is 3.72. The number of hydrogen-bond acceptors (Lipinski definition) is 15. The van der Waals surface area contributed by atoms with Gasteiger partial charge in [-0.2, -0.15) is 0 Å². The Kier molecular flexibility index (Phi) is 70.5. The van der Waals surface area contributed by atoms with Gasteiger partial charge in [0.1, 0.15) is 19.3 Å². The van der Waals surface area contributed by atoms with Crippen LogP contribution in [-0.4, -0.2) is 106 Å². The number of aliphatic hydroxyl groups excluding tert-OH is 2. The van der Waals surface area contributed by atoms with Gasteiger partial charge in [-0.25, -0.2) is 48.9 Å². The third-order valence-corrected chi connectivity index (χ3v) is 3.72. The van der Waals surface area contributed by atoms with Gasteiger partial charge >= 0.3 is 0 Å². The molecule has 0 radical (unpaired) electrons. The maximum atomic E-state index is 9.74. The Morgan fingerprint density at radius 2 is 1.02 bits per heavy atom. The Hall–Kier alpha value is -3.34. The van der Waals surface area contributed by atoms with E-state index in [1.54, 1.807) is 6.92 Å². The van der Waals surface area contributed by atoms with Gasteiger partial charge in [0.05, 0.1) is 39.4 Å². The van der Waals surface area contributed by atoms with Crippen LogP contribution < -0.4 is 5.32 Å². The standard InChI is InChI=1S/C10H20N2O3.C8H12N2O2.C4H5NO2.C2H4O2.C2H6O/c1-2-14-15-10-12-8-6-4-3-5-7-11-9-13;11-7-9-5-3-1-2-4-6-10-8-12;6-3-1-2-5-4-7;3-1-2-4;1-2-3/h12H,2-8,10H2,1H3;1-6H2;3H,1-2H2;1,4H,2H2;3H,2H2,1H3. The van der Waals surface area contributed by atoms with Gasteiger partial charge < -0.3 is 19.8 Å². The molecule has 0 aromatic rings. The molecule has 0 atom stereocenters. The summed E-state index contributed by atoms with van der Waals surface area (Å²) in [6.07, 6.45) is 15.4. The van der Waals surface area contributed by atoms with Gasteiger partial charge in [-0.1, -0.05) is 25.7 Å². The molecule has 0 fully saturated rings. The van der Waals surface area contributed by atoms with Crippen LogP contribution in [0.1, 0.15) is 71.6 Å². The van der Waals surface area contributed by atoms with Crippen molar-refractivity contribution in [1.29, 1.82) is 0 Å². The van der Waals surface area contributed by atoms with Crippen molar-refractivity contribution in [2.24, 2.45) is 20.0 Å². The number of aldehydes is 2. The summed E-state index contributed by atoms with van der Waals surface area (Å²) in [5.74, 6) is 0. The fraction of sp³-hybridized carbons (Fsp3) is 0.769. The molecule has 0 bridgehead atoms. The van der Waals surface area contributed by atoms with E-state index in [4.69, 9.17) is 24.8 Å². The molecule has 236 valence electrons. The number of hydrogen-bond donors (Lipinski definition) is 3. The fourth-order valence-corrected chi connectivity index (χ4v) is 2.07. The first-order chi connectivity index (χ1) is 20.1. The average Bonchev–Trinajstić information content (AvgIpc) is 2.99. The molecule has 0 spiro atoms. The minimum absolute atomic E-state index is 0.250. The van der Waals surface area contributed by atoms with Gasteiger partial charge in [-0.05, 0) is 46.1 Å². The van der Waals surface area contributed by atoms with E-state index in [-0.39, 0.29) is 19.8 Å². The molecule has 3 N–H and O–H groups in total. The molecule has 0 aliphatic heterocycles. The molecule has 0 aromatic carbocycles. The number of aliphatic hydroxyl groups is 2. The predicted molar refractivity (Wildman–Crippen MR) is 151 cm³/mol. The van der Waals surface area contributed by atoms with Crippen molar-refractivity contribution >= 4 is 36.9 Å². The Labute approximate surface area is 242 Å². The lowest BCUT2D eigenvalue weighted by Crippen LogP contribution is -2.19. The van der Waals surface area contributed by atoms with Crippen LogP contribution >= 0.6 is 0 Å². The van der Waals surface area contributed by atoms with Crippen LogP contribution in [-0.2, 0) is 38.5 Å². The monoisotopic (exact) mass is 589 g/mol. The van der Waals surface area contributed by atoms with Crippen LogP contribution in [0.25, 0.3) is 0 Å². The molecule has 0 saturated carbocycles. The quantitative estimate of drug-likeness (QED) is 0.0313. The zero-order chi connectivity index (χ0) is 31.9. The van der Waals surface area contributed by atoms with E-state index in [0.717, 1.165) is 57.9 Å². The number of isocyanates is 4. The minimum atomic E-state index is -0.361. The molecule has 15 nitrogen and oxygen atoms in total. The summed E-state index contributed by atoms with van der Waals surface area (Å²) in [6, 6.07) is 0. The topological polar surface area (TPSA) is 223 Å². The van der Waals surface area contributed by atoms with E-state index in [1.807, 2.05) is 6.92 Å². The van der Waals surface area contributed by atoms with E-state index in [9.17, 15) is 24.0 Å². The first kappa shape index (κ1) is 47.4. The molecule has 15 heteroatoms. The summed E-state index contributed by atoms with van der Waals surface area (Å²) in [6.45, 7) is 7.35. The Balaban J connectivity index is -0.000000147. The zero-order valence-electron chi connectivity index (χ0n) is 24.3. The van der Waals surface area contributed by atoms with Crippen molar-refractivity contribution in [1.82, 2.24) is 5.32 Å². The second-order valence-electron chi connectivity index (χ2n) is 7.01. The lowest BCUT2D eigenvalue weighted by molar-refractivity contribution is -0.295. The van der Waals surface area contributed by atoms with Crippen LogP contribution in [0.5, 0.6) is 0 Å². The SMILES string of the molecule is CCO.CCOOCNCCCCCCN=C=O.O=C=NCCC=O.O=C=NCCCCCCN=C=O.O=CCO. The van der Waals surface area contributed by atoms with E-state index in [2.05, 4.69) is 25.3 Å². The molecule has 41 heavy (non-hydrogen) atoms. The summed E-state index contributed by atoms with van der Waals surface area (Å²) in [5, 5.41) is 18.2. The summed E-state index contributed by atoms with van der Waals surface area (Å²) in [5.41, 5.74) is 0. The molecule has 0 amide bonds. The van der Waals surface area contributed by atoms with Crippen LogP contribution in [0.15, 0.2) is 20.0 Å². The predicted octanol–water partition coefficient (Wildman–Crippen LogP) is 1.70. The van der Waals surface area contributed by atoms with Gasteiger partial charge in [-0.3, -0.25) is 5.32 Å². The lowest BCUT2D eigenvalue weighted by atomic mass is 10.2. The van der Waals surface area contributed by atoms with Crippen molar-refractivity contribution in [2.45, 2.75) is 71.6 Å². The van der Waals surface area contributed by atoms with Crippen molar-refractivity contribution in [3.05, 3.63) is 0 Å². The number of aliphatic imine (C=N–C) groups is 4. The molecule has 0 aliphatic rings. The van der Waals surface area contributed by atoms with E-state index >= 15 is 0 Å². The number of carbonyl (C=O) groups excluding carboxylic acids is 6. The number of unbranched alkanes of at least 4 members (excludes halogenated alkanes) is 6. The Morgan fingerprint density at radius 3 is 1.37 bits per heavy atom. The van der Waals surface area contributed by atoms with Crippen molar-refractivity contribution < 1.29 is 48.8 Å². The maximum Gasteiger partial charge on any atom is 0.234 e. The van der Waals surface area contributed by atoms with Gasteiger partial charge in [0.15, 0.2) is 0 Å². The van der Waals surface area contributed by atoms with E-state index in [1.165, 1.54) is 24.3 Å². The molecule has 0 rings (SSSR count). The second-order valence-corrected chi connectivity index (χ2v) is 7.01. The number of rotatable bonds is 22. The Morgan fingerprint density at radius 1 is 0.634 bits per heavy atom. The molecule has 0 aromatic heterocycles. The van der Waals surface area contributed by atoms with Crippen molar-refractivity contribution in [3.8, 4) is 0 Å². The van der Waals surface area contributed by atoms with Gasteiger partial charge in [0.2, 0.25) is 24.3 Å². The highest BCUT2D eigenvalue weighted by molar-refractivity contribution is 5.50. The maximum absolute atomic E-state index is 9.74.